The van der Waals surface area contributed by atoms with Crippen LogP contribution in [0, 0.1) is 94.7 Å². The van der Waals surface area contributed by atoms with Crippen molar-refractivity contribution in [3.63, 3.8) is 0 Å². The summed E-state index contributed by atoms with van der Waals surface area (Å²) >= 11 is 0. The zero-order valence-corrected chi connectivity index (χ0v) is 71.5. The van der Waals surface area contributed by atoms with Gasteiger partial charge in [0.15, 0.2) is 0 Å². The molecule has 0 aromatic rings. The van der Waals surface area contributed by atoms with Crippen molar-refractivity contribution in [1.29, 1.82) is 0 Å². The molecule has 12 nitrogen and oxygen atoms in total. The topological polar surface area (TPSA) is 170 Å². The predicted molar refractivity (Wildman–Crippen MR) is 429 cm³/mol. The molecule has 0 radical (unpaired) electrons. The molecule has 0 heterocycles. The Kier molecular flexibility index (Phi) is 64.0. The lowest BCUT2D eigenvalue weighted by Gasteiger charge is -2.21. The van der Waals surface area contributed by atoms with Gasteiger partial charge in [-0.1, -0.05) is 369 Å². The average molecular weight is 1460 g/mol. The zero-order valence-electron chi connectivity index (χ0n) is 69.7. The van der Waals surface area contributed by atoms with Gasteiger partial charge in [-0.2, -0.15) is 0 Å². The van der Waals surface area contributed by atoms with Crippen molar-refractivity contribution in [2.45, 2.75) is 407 Å². The molecule has 0 aliphatic heterocycles. The predicted octanol–water partition coefficient (Wildman–Crippen LogP) is 26.6. The highest BCUT2D eigenvalue weighted by Crippen LogP contribution is 2.37. The summed E-state index contributed by atoms with van der Waals surface area (Å²) in [5.41, 5.74) is 0. The Labute approximate surface area is 623 Å². The number of phosphoric ester groups is 2. The molecule has 4 N–H and O–H groups in total. The van der Waals surface area contributed by atoms with Crippen molar-refractivity contribution in [1.82, 2.24) is 0 Å². The summed E-state index contributed by atoms with van der Waals surface area (Å²) < 4.78 is 57.0. The maximum absolute atomic E-state index is 11.5. The molecule has 0 aromatic heterocycles. The molecule has 0 rings (SSSR count). The number of phosphoric acid groups is 2. The minimum atomic E-state index is -4.59. The summed E-state index contributed by atoms with van der Waals surface area (Å²) in [4.78, 5) is 37.5. The van der Waals surface area contributed by atoms with Crippen molar-refractivity contribution in [2.75, 3.05) is 52.9 Å². The van der Waals surface area contributed by atoms with E-state index in [4.69, 9.17) is 28.0 Å². The van der Waals surface area contributed by atoms with Crippen LogP contribution in [-0.4, -0.2) is 84.6 Å². The van der Waals surface area contributed by atoms with Crippen LogP contribution in [0.15, 0.2) is 0 Å². The Hall–Kier alpha value is 0.0600. The van der Waals surface area contributed by atoms with Gasteiger partial charge < -0.3 is 38.5 Å². The maximum Gasteiger partial charge on any atom is 0.469 e. The van der Waals surface area contributed by atoms with E-state index in [1.165, 1.54) is 244 Å². The molecular formula is C86H176O12P2. The molecular weight excluding hydrogens is 1290 g/mol. The van der Waals surface area contributed by atoms with Gasteiger partial charge in [-0.25, -0.2) is 9.13 Å². The molecule has 0 aliphatic rings. The normalized spacial score (nSPS) is 17.6. The van der Waals surface area contributed by atoms with Gasteiger partial charge in [-0.3, -0.25) is 9.05 Å². The summed E-state index contributed by atoms with van der Waals surface area (Å²) in [6, 6.07) is 0. The van der Waals surface area contributed by atoms with Crippen molar-refractivity contribution in [2.24, 2.45) is 94.7 Å². The second-order valence-corrected chi connectivity index (χ2v) is 38.3. The van der Waals surface area contributed by atoms with Crippen molar-refractivity contribution >= 4 is 15.6 Å². The number of ether oxygens (including phenoxy) is 4. The van der Waals surface area contributed by atoms with Crippen LogP contribution in [-0.2, 0) is 37.1 Å². The van der Waals surface area contributed by atoms with Crippen LogP contribution < -0.4 is 0 Å². The Morgan fingerprint density at radius 2 is 0.370 bits per heavy atom. The molecule has 0 spiro atoms. The fourth-order valence-electron chi connectivity index (χ4n) is 15.0. The minimum absolute atomic E-state index is 0.168. The van der Waals surface area contributed by atoms with E-state index in [1.54, 1.807) is 0 Å². The van der Waals surface area contributed by atoms with Crippen LogP contribution in [0.2, 0.25) is 0 Å². The highest BCUT2D eigenvalue weighted by atomic mass is 31.2. The van der Waals surface area contributed by atoms with E-state index in [9.17, 15) is 28.7 Å². The zero-order chi connectivity index (χ0) is 75.0. The number of hydrogen-bond acceptors (Lipinski definition) is 8. The van der Waals surface area contributed by atoms with Crippen LogP contribution in [0.5, 0.6) is 0 Å². The van der Waals surface area contributed by atoms with Gasteiger partial charge in [-0.05, 0) is 120 Å². The molecule has 0 aromatic carbocycles. The first-order valence-electron chi connectivity index (χ1n) is 43.1. The third-order valence-corrected chi connectivity index (χ3v) is 23.9. The molecule has 0 saturated heterocycles. The van der Waals surface area contributed by atoms with Gasteiger partial charge >= 0.3 is 15.6 Å². The Morgan fingerprint density at radius 3 is 0.550 bits per heavy atom. The molecule has 0 unspecified atom stereocenters. The molecule has 0 saturated carbocycles. The molecule has 0 fully saturated rings. The second-order valence-electron chi connectivity index (χ2n) is 35.9. The van der Waals surface area contributed by atoms with Gasteiger partial charge in [0.25, 0.3) is 0 Å². The van der Waals surface area contributed by atoms with Gasteiger partial charge in [0.05, 0.1) is 26.4 Å². The Bertz CT molecular complexity index is 1730. The van der Waals surface area contributed by atoms with Crippen molar-refractivity contribution in [3.8, 4) is 0 Å². The van der Waals surface area contributed by atoms with E-state index in [0.29, 0.717) is 50.1 Å². The molecule has 100 heavy (non-hydrogen) atoms. The largest absolute Gasteiger partial charge is 0.469 e. The number of hydrogen-bond donors (Lipinski definition) is 4. The van der Waals surface area contributed by atoms with E-state index < -0.39 is 27.9 Å². The van der Waals surface area contributed by atoms with E-state index in [0.717, 1.165) is 96.7 Å². The van der Waals surface area contributed by atoms with E-state index >= 15 is 0 Å². The lowest BCUT2D eigenvalue weighted by atomic mass is 9.88. The fourth-order valence-corrected chi connectivity index (χ4v) is 15.7. The van der Waals surface area contributed by atoms with Crippen molar-refractivity contribution < 1.29 is 56.7 Å². The third-order valence-electron chi connectivity index (χ3n) is 23.0. The average Bonchev–Trinajstić information content (AvgIpc) is 1.14. The third kappa shape index (κ3) is 69.8. The summed E-state index contributed by atoms with van der Waals surface area (Å²) in [5, 5.41) is 0. The molecule has 14 heteroatoms. The highest BCUT2D eigenvalue weighted by Gasteiger charge is 2.23. The molecule has 16 atom stereocenters. The molecule has 0 bridgehead atoms. The van der Waals surface area contributed by atoms with Crippen LogP contribution in [0.25, 0.3) is 0 Å². The molecule has 0 amide bonds. The van der Waals surface area contributed by atoms with Gasteiger partial charge in [0, 0.05) is 26.4 Å². The Morgan fingerprint density at radius 1 is 0.210 bits per heavy atom. The van der Waals surface area contributed by atoms with E-state index in [-0.39, 0.29) is 26.4 Å². The minimum Gasteiger partial charge on any atom is -0.379 e. The summed E-state index contributed by atoms with van der Waals surface area (Å²) in [5.74, 6) is 11.9. The summed E-state index contributed by atoms with van der Waals surface area (Å²) in [6.07, 6.45) is 52.9. The van der Waals surface area contributed by atoms with Gasteiger partial charge in [-0.15, -0.1) is 0 Å². The first kappa shape index (κ1) is 100. The number of rotatable bonds is 75. The van der Waals surface area contributed by atoms with Crippen molar-refractivity contribution in [3.05, 3.63) is 0 Å². The first-order valence-corrected chi connectivity index (χ1v) is 46.1. The van der Waals surface area contributed by atoms with Crippen LogP contribution in [0.3, 0.4) is 0 Å². The molecule has 602 valence electrons. The van der Waals surface area contributed by atoms with Crippen LogP contribution in [0.1, 0.15) is 394 Å². The monoisotopic (exact) mass is 1460 g/mol. The lowest BCUT2D eigenvalue weighted by molar-refractivity contribution is -0.0463. The van der Waals surface area contributed by atoms with E-state index in [2.05, 4.69) is 125 Å². The highest BCUT2D eigenvalue weighted by molar-refractivity contribution is 7.46. The summed E-state index contributed by atoms with van der Waals surface area (Å²) in [6.45, 7) is 45.5. The van der Waals surface area contributed by atoms with Crippen LogP contribution in [0.4, 0.5) is 0 Å². The molecule has 0 aliphatic carbocycles. The van der Waals surface area contributed by atoms with Gasteiger partial charge in [0.2, 0.25) is 0 Å². The summed E-state index contributed by atoms with van der Waals surface area (Å²) in [7, 11) is -9.17. The lowest BCUT2D eigenvalue weighted by Crippen LogP contribution is -2.26. The SMILES string of the molecule is CC(C)CCC[C@@H](C)CCC[C@@H](C)CCC[C@@H](C)CCO[C@@H](COCC[C@H](C)CCC[C@H](C)CCC[C@H](C)CCC[C@H](C)CC[C@@H](C)CCC[C@@H](C)CCC[C@@H](C)CCC[C@@H](C)CCOC[C@@H](COP(=O)(O)O)OCC[C@H](C)CCC[C@H](C)CCC[C@H](C)CCCC(C)C)COP(=O)(O)O. The fraction of sp³-hybridized carbons (Fsp3) is 1.00. The van der Waals surface area contributed by atoms with E-state index in [1.807, 2.05) is 0 Å². The van der Waals surface area contributed by atoms with Crippen LogP contribution >= 0.6 is 15.6 Å². The first-order chi connectivity index (χ1) is 47.3. The quantitative estimate of drug-likeness (QED) is 0.0336. The standard InChI is InChI=1S/C86H176O12P2/c1-69(2)31-19-33-71(5)35-21-37-77(11)47-29-53-83(17)59-63-95-85(67-97-99(87,88)89)65-93-61-57-81(15)51-27-45-75(9)41-23-39-73(7)43-25-49-79(13)55-56-80(14)50-26-44-74(8)40-24-42-76(10)46-28-52-82(16)58-62-94-66-86(68-98-100(90,91)92)96-64-60-84(18)54-30-48-78(12)38-22-36-72(6)34-20-32-70(3)4/h69-86H,19-68H2,1-18H3,(H2,87,88,89)(H2,90,91,92)/t71-,72-,73+,74+,75-,76-,77-,78-,79+,80+,81-,82-,83-,84-,85+,86+/m1/s1. The maximum atomic E-state index is 11.5. The second kappa shape index (κ2) is 63.9. The van der Waals surface area contributed by atoms with Gasteiger partial charge in [0.1, 0.15) is 12.2 Å². The smallest absolute Gasteiger partial charge is 0.379 e. The Balaban J connectivity index is 4.16.